The molecule has 0 bridgehead atoms. The molecule has 0 saturated heterocycles. The van der Waals surface area contributed by atoms with E-state index in [0.717, 1.165) is 16.0 Å². The molecule has 3 unspecified atom stereocenters. The first-order valence-corrected chi connectivity index (χ1v) is 11.1. The molecule has 0 aliphatic rings. The number of carboxylic acid groups (broad SMARTS) is 1. The Kier molecular flexibility index (Phi) is 8.67. The van der Waals surface area contributed by atoms with Crippen LogP contribution in [0.3, 0.4) is 0 Å². The van der Waals surface area contributed by atoms with Gasteiger partial charge >= 0.3 is 5.97 Å². The minimum Gasteiger partial charge on any atom is -0.480 e. The predicted molar refractivity (Wildman–Crippen MR) is 130 cm³/mol. The van der Waals surface area contributed by atoms with Gasteiger partial charge in [-0.15, -0.1) is 0 Å². The van der Waals surface area contributed by atoms with Gasteiger partial charge in [0.2, 0.25) is 11.8 Å². The average Bonchev–Trinajstić information content (AvgIpc) is 2.85. The largest absolute Gasteiger partial charge is 0.480 e. The number of aliphatic carboxylic acids is 1. The van der Waals surface area contributed by atoms with E-state index < -0.39 is 35.9 Å². The number of rotatable bonds is 10. The number of carbonyl (C=O) groups excluding carboxylic acids is 2. The smallest absolute Gasteiger partial charge is 0.327 e. The quantitative estimate of drug-likeness (QED) is 0.427. The number of nitrogens with two attached hydrogens (primary N) is 2. The number of carbonyl (C=O) groups is 3. The molecule has 2 amide bonds. The van der Waals surface area contributed by atoms with E-state index in [1.807, 2.05) is 60.7 Å². The molecule has 0 radical (unpaired) electrons. The van der Waals surface area contributed by atoms with Crippen molar-refractivity contribution in [3.63, 3.8) is 0 Å². The highest BCUT2D eigenvalue weighted by atomic mass is 16.4. The highest BCUT2D eigenvalue weighted by Gasteiger charge is 2.39. The lowest BCUT2D eigenvalue weighted by molar-refractivity contribution is -0.159. The highest BCUT2D eigenvalue weighted by molar-refractivity contribution is 6.03. The zero-order valence-corrected chi connectivity index (χ0v) is 18.8. The number of nitrogens with zero attached hydrogens (tertiary/aromatic N) is 1. The van der Waals surface area contributed by atoms with E-state index in [9.17, 15) is 19.5 Å². The molecule has 34 heavy (non-hydrogen) atoms. The maximum atomic E-state index is 13.4. The number of amides is 2. The maximum Gasteiger partial charge on any atom is 0.327 e. The third kappa shape index (κ3) is 6.60. The molecule has 3 aromatic carbocycles. The van der Waals surface area contributed by atoms with E-state index in [1.54, 1.807) is 30.3 Å². The van der Waals surface area contributed by atoms with Gasteiger partial charge in [0.1, 0.15) is 6.04 Å². The summed E-state index contributed by atoms with van der Waals surface area (Å²) in [5, 5.41) is 10.0. The zero-order valence-electron chi connectivity index (χ0n) is 18.8. The van der Waals surface area contributed by atoms with Crippen LogP contribution in [0.1, 0.15) is 16.7 Å². The Bertz CT molecular complexity index is 1030. The van der Waals surface area contributed by atoms with Crippen molar-refractivity contribution in [3.05, 3.63) is 108 Å². The van der Waals surface area contributed by atoms with E-state index in [1.165, 1.54) is 0 Å². The Hall–Kier alpha value is -3.81. The van der Waals surface area contributed by atoms with Crippen LogP contribution in [-0.2, 0) is 33.6 Å². The number of imide groups is 1. The second-order valence-corrected chi connectivity index (χ2v) is 8.18. The van der Waals surface area contributed by atoms with Crippen LogP contribution in [0.25, 0.3) is 0 Å². The van der Waals surface area contributed by atoms with Crippen molar-refractivity contribution >= 4 is 17.8 Å². The van der Waals surface area contributed by atoms with Crippen molar-refractivity contribution in [1.29, 1.82) is 0 Å². The number of hydrogen-bond donors (Lipinski definition) is 3. The van der Waals surface area contributed by atoms with Gasteiger partial charge in [-0.05, 0) is 29.5 Å². The molecular weight excluding hydrogens is 430 g/mol. The van der Waals surface area contributed by atoms with Gasteiger partial charge in [0.15, 0.2) is 0 Å². The molecular formula is C27H29N3O4. The van der Waals surface area contributed by atoms with Crippen LogP contribution >= 0.6 is 0 Å². The first-order valence-electron chi connectivity index (χ1n) is 11.1. The molecule has 0 spiro atoms. The highest BCUT2D eigenvalue weighted by Crippen LogP contribution is 2.16. The molecule has 0 aliphatic heterocycles. The second-order valence-electron chi connectivity index (χ2n) is 8.18. The fraction of sp³-hybridized carbons (Fsp3) is 0.222. The first-order chi connectivity index (χ1) is 16.4. The molecule has 5 N–H and O–H groups in total. The van der Waals surface area contributed by atoms with Crippen molar-refractivity contribution in [2.24, 2.45) is 11.5 Å². The zero-order chi connectivity index (χ0) is 24.5. The van der Waals surface area contributed by atoms with E-state index in [0.29, 0.717) is 5.56 Å². The van der Waals surface area contributed by atoms with Crippen LogP contribution in [0, 0.1) is 0 Å². The first kappa shape index (κ1) is 24.8. The SMILES string of the molecule is NC(Cc1ccccc1)C(=O)N(C(=O)C(N)Cc1ccccc1)C(Cc1ccccc1)C(=O)O. The summed E-state index contributed by atoms with van der Waals surface area (Å²) in [6.07, 6.45) is 0.272. The van der Waals surface area contributed by atoms with Crippen molar-refractivity contribution in [3.8, 4) is 0 Å². The fourth-order valence-corrected chi connectivity index (χ4v) is 3.81. The summed E-state index contributed by atoms with van der Waals surface area (Å²) in [7, 11) is 0. The molecule has 0 saturated carbocycles. The molecule has 0 aromatic heterocycles. The van der Waals surface area contributed by atoms with Crippen LogP contribution in [0.15, 0.2) is 91.0 Å². The standard InChI is InChI=1S/C27H29N3O4/c28-22(16-19-10-4-1-5-11-19)25(31)30(24(27(33)34)18-21-14-8-3-9-15-21)26(32)23(29)17-20-12-6-2-7-13-20/h1-15,22-24H,16-18,28-29H2,(H,33,34). The van der Waals surface area contributed by atoms with Gasteiger partial charge in [0, 0.05) is 6.42 Å². The van der Waals surface area contributed by atoms with E-state index in [2.05, 4.69) is 0 Å². The average molecular weight is 460 g/mol. The van der Waals surface area contributed by atoms with E-state index >= 15 is 0 Å². The molecule has 0 heterocycles. The molecule has 176 valence electrons. The number of benzene rings is 3. The lowest BCUT2D eigenvalue weighted by Gasteiger charge is -2.31. The summed E-state index contributed by atoms with van der Waals surface area (Å²) >= 11 is 0. The lowest BCUT2D eigenvalue weighted by atomic mass is 9.99. The van der Waals surface area contributed by atoms with Gasteiger partial charge in [-0.2, -0.15) is 0 Å². The molecule has 3 atom stereocenters. The normalized spacial score (nSPS) is 13.5. The maximum absolute atomic E-state index is 13.4. The van der Waals surface area contributed by atoms with Gasteiger partial charge in [-0.25, -0.2) is 4.79 Å². The van der Waals surface area contributed by atoms with Crippen LogP contribution in [0.2, 0.25) is 0 Å². The summed E-state index contributed by atoms with van der Waals surface area (Å²) in [4.78, 5) is 39.9. The summed E-state index contributed by atoms with van der Waals surface area (Å²) < 4.78 is 0. The summed E-state index contributed by atoms with van der Waals surface area (Å²) in [6.45, 7) is 0. The van der Waals surface area contributed by atoms with Crippen molar-refractivity contribution in [2.45, 2.75) is 37.4 Å². The summed E-state index contributed by atoms with van der Waals surface area (Å²) in [6, 6.07) is 23.4. The molecule has 7 heteroatoms. The third-order valence-corrected chi connectivity index (χ3v) is 5.57. The second kappa shape index (κ2) is 11.9. The topological polar surface area (TPSA) is 127 Å². The summed E-state index contributed by atoms with van der Waals surface area (Å²) in [5.41, 5.74) is 14.7. The van der Waals surface area contributed by atoms with E-state index in [4.69, 9.17) is 11.5 Å². The van der Waals surface area contributed by atoms with Gasteiger partial charge in [-0.1, -0.05) is 91.0 Å². The number of hydrogen-bond acceptors (Lipinski definition) is 5. The minimum atomic E-state index is -1.44. The van der Waals surface area contributed by atoms with Gasteiger partial charge < -0.3 is 16.6 Å². The van der Waals surface area contributed by atoms with E-state index in [-0.39, 0.29) is 19.3 Å². The van der Waals surface area contributed by atoms with Gasteiger partial charge in [-0.3, -0.25) is 14.5 Å². The van der Waals surface area contributed by atoms with Crippen molar-refractivity contribution < 1.29 is 19.5 Å². The Morgan fingerprint density at radius 1 is 0.618 bits per heavy atom. The van der Waals surface area contributed by atoms with Gasteiger partial charge in [0.25, 0.3) is 0 Å². The van der Waals surface area contributed by atoms with Gasteiger partial charge in [0.05, 0.1) is 12.1 Å². The lowest BCUT2D eigenvalue weighted by Crippen LogP contribution is -2.59. The minimum absolute atomic E-state index is 0.0518. The predicted octanol–water partition coefficient (Wildman–Crippen LogP) is 2.18. The molecule has 7 nitrogen and oxygen atoms in total. The Morgan fingerprint density at radius 3 is 1.26 bits per heavy atom. The molecule has 0 fully saturated rings. The molecule has 3 aromatic rings. The number of carboxylic acids is 1. The fourth-order valence-electron chi connectivity index (χ4n) is 3.81. The van der Waals surface area contributed by atoms with Crippen LogP contribution < -0.4 is 11.5 Å². The monoisotopic (exact) mass is 459 g/mol. The summed E-state index contributed by atoms with van der Waals surface area (Å²) in [5.74, 6) is -2.83. The Balaban J connectivity index is 1.90. The molecule has 0 aliphatic carbocycles. The van der Waals surface area contributed by atoms with Crippen LogP contribution in [-0.4, -0.2) is 45.9 Å². The van der Waals surface area contributed by atoms with Crippen molar-refractivity contribution in [2.75, 3.05) is 0 Å². The molecule has 3 rings (SSSR count). The Labute approximate surface area is 199 Å². The third-order valence-electron chi connectivity index (χ3n) is 5.57. The van der Waals surface area contributed by atoms with Crippen LogP contribution in [0.4, 0.5) is 0 Å². The Morgan fingerprint density at radius 2 is 0.941 bits per heavy atom. The van der Waals surface area contributed by atoms with Crippen molar-refractivity contribution in [1.82, 2.24) is 4.90 Å². The van der Waals surface area contributed by atoms with Crippen LogP contribution in [0.5, 0.6) is 0 Å².